The lowest BCUT2D eigenvalue weighted by molar-refractivity contribution is -0.169. The average Bonchev–Trinajstić information content (AvgIpc) is 3.12. The van der Waals surface area contributed by atoms with Crippen molar-refractivity contribution in [2.45, 2.75) is 38.3 Å². The summed E-state index contributed by atoms with van der Waals surface area (Å²) >= 11 is 0. The van der Waals surface area contributed by atoms with Crippen LogP contribution in [0.25, 0.3) is 0 Å². The monoisotopic (exact) mass is 333 g/mol. The lowest BCUT2D eigenvalue weighted by Gasteiger charge is -2.40. The first kappa shape index (κ1) is 16.6. The van der Waals surface area contributed by atoms with Crippen molar-refractivity contribution in [1.82, 2.24) is 14.8 Å². The maximum atomic E-state index is 13.1. The minimum absolute atomic E-state index is 0.0572. The quantitative estimate of drug-likeness (QED) is 0.872. The molecule has 0 aliphatic heterocycles. The molecule has 1 aliphatic carbocycles. The second-order valence-corrected chi connectivity index (χ2v) is 6.72. The third-order valence-electron chi connectivity index (χ3n) is 5.36. The van der Waals surface area contributed by atoms with Crippen LogP contribution in [-0.4, -0.2) is 36.5 Å². The second kappa shape index (κ2) is 5.98. The summed E-state index contributed by atoms with van der Waals surface area (Å²) in [7, 11) is 0. The predicted octanol–water partition coefficient (Wildman–Crippen LogP) is 1.89. The van der Waals surface area contributed by atoms with Gasteiger partial charge in [0.1, 0.15) is 24.1 Å². The smallest absolute Gasteiger partial charge is 0.312 e. The van der Waals surface area contributed by atoms with E-state index in [0.717, 1.165) is 5.56 Å². The molecule has 1 aromatic heterocycles. The highest BCUT2D eigenvalue weighted by atomic mass is 19.1. The SMILES string of the molecule is C[C@@]1(C(=O)O)CC[C@@H](Cc2ccc(F)cc2)[C@@]1(O)Cn1cncn1. The molecular weight excluding hydrogens is 313 g/mol. The number of carboxylic acid groups (broad SMARTS) is 1. The van der Waals surface area contributed by atoms with E-state index in [-0.39, 0.29) is 18.3 Å². The van der Waals surface area contributed by atoms with Crippen LogP contribution in [0.4, 0.5) is 4.39 Å². The van der Waals surface area contributed by atoms with Crippen molar-refractivity contribution < 1.29 is 19.4 Å². The fourth-order valence-corrected chi connectivity index (χ4v) is 3.70. The van der Waals surface area contributed by atoms with Crippen LogP contribution in [-0.2, 0) is 17.8 Å². The first-order valence-electron chi connectivity index (χ1n) is 7.88. The van der Waals surface area contributed by atoms with Crippen molar-refractivity contribution in [3.8, 4) is 0 Å². The summed E-state index contributed by atoms with van der Waals surface area (Å²) in [6.07, 6.45) is 4.25. The van der Waals surface area contributed by atoms with E-state index in [1.165, 1.54) is 29.5 Å². The number of nitrogens with zero attached hydrogens (tertiary/aromatic N) is 3. The number of rotatable bonds is 5. The number of halogens is 1. The van der Waals surface area contributed by atoms with Gasteiger partial charge in [0.25, 0.3) is 0 Å². The van der Waals surface area contributed by atoms with Gasteiger partial charge in [-0.15, -0.1) is 0 Å². The molecule has 7 heteroatoms. The Bertz CT molecular complexity index is 719. The third kappa shape index (κ3) is 2.69. The number of carbonyl (C=O) groups is 1. The van der Waals surface area contributed by atoms with Crippen LogP contribution in [0.2, 0.25) is 0 Å². The molecule has 1 saturated carbocycles. The third-order valence-corrected chi connectivity index (χ3v) is 5.36. The zero-order valence-electron chi connectivity index (χ0n) is 13.4. The molecule has 2 aromatic rings. The summed E-state index contributed by atoms with van der Waals surface area (Å²) in [5.41, 5.74) is -1.88. The molecule has 1 fully saturated rings. The number of aromatic nitrogens is 3. The summed E-state index contributed by atoms with van der Waals surface area (Å²) in [5.74, 6) is -1.61. The standard InChI is InChI=1S/C17H20FN3O3/c1-16(15(22)23)7-6-13(8-12-2-4-14(18)5-3-12)17(16,24)9-21-11-19-10-20-21/h2-5,10-11,13,24H,6-9H2,1H3,(H,22,23)/t13-,16-,17-/m0/s1. The molecule has 3 rings (SSSR count). The van der Waals surface area contributed by atoms with E-state index < -0.39 is 17.0 Å². The van der Waals surface area contributed by atoms with Gasteiger partial charge in [0.2, 0.25) is 0 Å². The van der Waals surface area contributed by atoms with Crippen LogP contribution in [0, 0.1) is 17.2 Å². The highest BCUT2D eigenvalue weighted by Gasteiger charge is 2.61. The summed E-state index contributed by atoms with van der Waals surface area (Å²) in [4.78, 5) is 15.7. The lowest BCUT2D eigenvalue weighted by atomic mass is 9.71. The summed E-state index contributed by atoms with van der Waals surface area (Å²) in [6.45, 7) is 1.64. The number of hydrogen-bond donors (Lipinski definition) is 2. The molecule has 1 heterocycles. The van der Waals surface area contributed by atoms with Crippen LogP contribution in [0.3, 0.4) is 0 Å². The van der Waals surface area contributed by atoms with E-state index in [2.05, 4.69) is 10.1 Å². The Morgan fingerprint density at radius 2 is 2.12 bits per heavy atom. The van der Waals surface area contributed by atoms with Gasteiger partial charge in [0, 0.05) is 0 Å². The van der Waals surface area contributed by atoms with Crippen LogP contribution >= 0.6 is 0 Å². The van der Waals surface area contributed by atoms with E-state index in [1.54, 1.807) is 19.1 Å². The normalized spacial score (nSPS) is 29.7. The van der Waals surface area contributed by atoms with Gasteiger partial charge >= 0.3 is 5.97 Å². The molecule has 0 unspecified atom stereocenters. The minimum Gasteiger partial charge on any atom is -0.481 e. The van der Waals surface area contributed by atoms with E-state index in [1.807, 2.05) is 0 Å². The second-order valence-electron chi connectivity index (χ2n) is 6.72. The van der Waals surface area contributed by atoms with E-state index in [0.29, 0.717) is 19.3 Å². The van der Waals surface area contributed by atoms with E-state index in [9.17, 15) is 19.4 Å². The summed E-state index contributed by atoms with van der Waals surface area (Å²) < 4.78 is 14.6. The first-order valence-corrected chi connectivity index (χ1v) is 7.88. The molecule has 0 bridgehead atoms. The van der Waals surface area contributed by atoms with Crippen molar-refractivity contribution in [3.05, 3.63) is 48.3 Å². The van der Waals surface area contributed by atoms with Crippen molar-refractivity contribution in [1.29, 1.82) is 0 Å². The zero-order valence-corrected chi connectivity index (χ0v) is 13.4. The van der Waals surface area contributed by atoms with Crippen LogP contribution in [0.5, 0.6) is 0 Å². The molecule has 0 amide bonds. The average molecular weight is 333 g/mol. The number of aliphatic hydroxyl groups is 1. The Kier molecular flexibility index (Phi) is 4.13. The molecule has 0 spiro atoms. The Morgan fingerprint density at radius 1 is 1.42 bits per heavy atom. The highest BCUT2D eigenvalue weighted by molar-refractivity contribution is 5.76. The predicted molar refractivity (Wildman–Crippen MR) is 83.5 cm³/mol. The number of carboxylic acids is 1. The largest absolute Gasteiger partial charge is 0.481 e. The molecule has 6 nitrogen and oxygen atoms in total. The maximum Gasteiger partial charge on any atom is 0.312 e. The molecule has 0 radical (unpaired) electrons. The van der Waals surface area contributed by atoms with E-state index >= 15 is 0 Å². The van der Waals surface area contributed by atoms with Gasteiger partial charge in [-0.1, -0.05) is 12.1 Å². The van der Waals surface area contributed by atoms with Crippen LogP contribution in [0.1, 0.15) is 25.3 Å². The Morgan fingerprint density at radius 3 is 2.71 bits per heavy atom. The molecule has 0 saturated heterocycles. The van der Waals surface area contributed by atoms with Gasteiger partial charge in [-0.3, -0.25) is 9.48 Å². The maximum absolute atomic E-state index is 13.1. The zero-order chi connectivity index (χ0) is 17.4. The molecule has 128 valence electrons. The highest BCUT2D eigenvalue weighted by Crippen LogP contribution is 2.52. The van der Waals surface area contributed by atoms with Crippen molar-refractivity contribution in [2.24, 2.45) is 11.3 Å². The molecule has 1 aliphatic rings. The topological polar surface area (TPSA) is 88.2 Å². The molecular formula is C17H20FN3O3. The minimum atomic E-state index is -1.47. The Balaban J connectivity index is 1.92. The van der Waals surface area contributed by atoms with E-state index in [4.69, 9.17) is 0 Å². The van der Waals surface area contributed by atoms with Crippen LogP contribution < -0.4 is 0 Å². The molecule has 24 heavy (non-hydrogen) atoms. The number of aliphatic carboxylic acids is 1. The van der Waals surface area contributed by atoms with Crippen molar-refractivity contribution in [3.63, 3.8) is 0 Å². The Labute approximate surface area is 139 Å². The van der Waals surface area contributed by atoms with Gasteiger partial charge in [-0.25, -0.2) is 9.37 Å². The Hall–Kier alpha value is -2.28. The summed E-state index contributed by atoms with van der Waals surface area (Å²) in [6, 6.07) is 6.08. The van der Waals surface area contributed by atoms with Crippen molar-refractivity contribution in [2.75, 3.05) is 0 Å². The van der Waals surface area contributed by atoms with Crippen LogP contribution in [0.15, 0.2) is 36.9 Å². The molecule has 2 N–H and O–H groups in total. The first-order chi connectivity index (χ1) is 11.3. The fraction of sp³-hybridized carbons (Fsp3) is 0.471. The van der Waals surface area contributed by atoms with Gasteiger partial charge in [-0.05, 0) is 49.8 Å². The van der Waals surface area contributed by atoms with Gasteiger partial charge in [0.15, 0.2) is 0 Å². The van der Waals surface area contributed by atoms with Gasteiger partial charge in [0.05, 0.1) is 12.0 Å². The lowest BCUT2D eigenvalue weighted by Crippen LogP contribution is -2.54. The molecule has 3 atom stereocenters. The number of benzene rings is 1. The number of hydrogen-bond acceptors (Lipinski definition) is 4. The van der Waals surface area contributed by atoms with Crippen molar-refractivity contribution >= 4 is 5.97 Å². The summed E-state index contributed by atoms with van der Waals surface area (Å²) in [5, 5.41) is 25.1. The molecule has 1 aromatic carbocycles. The van der Waals surface area contributed by atoms with Gasteiger partial charge in [-0.2, -0.15) is 5.10 Å². The van der Waals surface area contributed by atoms with Gasteiger partial charge < -0.3 is 10.2 Å². The fourth-order valence-electron chi connectivity index (χ4n) is 3.70.